The maximum atomic E-state index is 11.8. The Morgan fingerprint density at radius 1 is 1.27 bits per heavy atom. The molecule has 1 aromatic rings. The Morgan fingerprint density at radius 2 is 1.87 bits per heavy atom. The molecule has 1 saturated heterocycles. The summed E-state index contributed by atoms with van der Waals surface area (Å²) in [6.07, 6.45) is -2.86. The number of phosphoric acid groups is 3. The third-order valence-electron chi connectivity index (χ3n) is 3.64. The number of phosphoric ester groups is 1. The zero-order chi connectivity index (χ0) is 23.1. The van der Waals surface area contributed by atoms with Crippen LogP contribution in [-0.2, 0) is 31.6 Å². The lowest BCUT2D eigenvalue weighted by Gasteiger charge is -2.27. The molecule has 2 rings (SSSR count). The van der Waals surface area contributed by atoms with Gasteiger partial charge in [0.05, 0.1) is 6.61 Å². The van der Waals surface area contributed by atoms with Crippen LogP contribution < -0.4 is 5.56 Å². The van der Waals surface area contributed by atoms with E-state index in [9.17, 15) is 28.5 Å². The summed E-state index contributed by atoms with van der Waals surface area (Å²) in [6, 6.07) is 1.11. The van der Waals surface area contributed by atoms with E-state index in [0.717, 1.165) is 6.07 Å². The van der Waals surface area contributed by atoms with Crippen molar-refractivity contribution < 1.29 is 56.3 Å². The summed E-state index contributed by atoms with van der Waals surface area (Å²) in [5.41, 5.74) is -0.504. The summed E-state index contributed by atoms with van der Waals surface area (Å²) < 4.78 is 51.9. The minimum atomic E-state index is -5.69. The molecule has 0 aliphatic carbocycles. The molecule has 0 saturated carbocycles. The van der Waals surface area contributed by atoms with Crippen molar-refractivity contribution >= 4 is 47.3 Å². The van der Waals surface area contributed by atoms with Crippen LogP contribution in [0.25, 0.3) is 0 Å². The number of nitrogens with zero attached hydrogens (tertiary/aromatic N) is 1. The maximum Gasteiger partial charge on any atom is 0.490 e. The molecule has 0 bridgehead atoms. The van der Waals surface area contributed by atoms with E-state index in [1.807, 2.05) is 0 Å². The SMILES string of the molecule is CC1(Cl)[C@@H](O)[C@@H](COP(=O)(O)OP(=O)(O)OP(=O)(O)O)O[C@H]1n1ccc(=O)[nH]c1=S. The topological polar surface area (TPSA) is 227 Å². The van der Waals surface area contributed by atoms with Gasteiger partial charge in [-0.2, -0.15) is 8.62 Å². The standard InChI is InChI=1S/C10H16ClN2O13P3S/c1-10(11)7(15)5(24-8(10)13-3-2-6(14)12-9(13)30)4-23-28(19,20)26-29(21,22)25-27(16,17)18/h2-3,5,7-8,15H,4H2,1H3,(H,19,20)(H,21,22)(H,12,14,30)(H2,16,17,18)/t5-,7+,8-,10?/m1/s1. The Bertz CT molecular complexity index is 1050. The molecule has 172 valence electrons. The molecule has 6 atom stereocenters. The van der Waals surface area contributed by atoms with Gasteiger partial charge in [-0.15, -0.1) is 11.6 Å². The highest BCUT2D eigenvalue weighted by Gasteiger charge is 2.54. The van der Waals surface area contributed by atoms with Crippen LogP contribution in [0.3, 0.4) is 0 Å². The molecule has 30 heavy (non-hydrogen) atoms. The van der Waals surface area contributed by atoms with Gasteiger partial charge in [0.1, 0.15) is 17.1 Å². The zero-order valence-electron chi connectivity index (χ0n) is 14.7. The quantitative estimate of drug-likeness (QED) is 0.152. The fourth-order valence-electron chi connectivity index (χ4n) is 2.43. The molecule has 3 unspecified atom stereocenters. The van der Waals surface area contributed by atoms with Gasteiger partial charge in [-0.25, -0.2) is 13.7 Å². The first-order valence-electron chi connectivity index (χ1n) is 7.56. The summed E-state index contributed by atoms with van der Waals surface area (Å²) in [6.45, 7) is 0.432. The van der Waals surface area contributed by atoms with Gasteiger partial charge in [-0.3, -0.25) is 18.9 Å². The van der Waals surface area contributed by atoms with Crippen LogP contribution in [0.5, 0.6) is 0 Å². The van der Waals surface area contributed by atoms with E-state index < -0.39 is 58.9 Å². The molecule has 1 fully saturated rings. The molecule has 20 heteroatoms. The number of aromatic amines is 1. The number of ether oxygens (including phenoxy) is 1. The Balaban J connectivity index is 2.13. The minimum absolute atomic E-state index is 0.0971. The molecule has 0 spiro atoms. The van der Waals surface area contributed by atoms with E-state index in [0.29, 0.717) is 0 Å². The molecule has 0 radical (unpaired) electrons. The van der Waals surface area contributed by atoms with Crippen LogP contribution >= 0.6 is 47.3 Å². The largest absolute Gasteiger partial charge is 0.490 e. The van der Waals surface area contributed by atoms with E-state index in [1.165, 1.54) is 17.7 Å². The number of aromatic nitrogens is 2. The van der Waals surface area contributed by atoms with E-state index in [-0.39, 0.29) is 4.77 Å². The lowest BCUT2D eigenvalue weighted by Crippen LogP contribution is -2.40. The monoisotopic (exact) mass is 532 g/mol. The van der Waals surface area contributed by atoms with Gasteiger partial charge in [0.15, 0.2) is 11.0 Å². The van der Waals surface area contributed by atoms with E-state index in [2.05, 4.69) is 18.1 Å². The fourth-order valence-corrected chi connectivity index (χ4v) is 6.02. The van der Waals surface area contributed by atoms with Crippen molar-refractivity contribution in [1.82, 2.24) is 9.55 Å². The molecule has 0 amide bonds. The second-order valence-electron chi connectivity index (χ2n) is 6.03. The smallest absolute Gasteiger partial charge is 0.388 e. The number of hydrogen-bond acceptors (Lipinski definition) is 10. The summed E-state index contributed by atoms with van der Waals surface area (Å²) in [5.74, 6) is 0. The third kappa shape index (κ3) is 6.61. The highest BCUT2D eigenvalue weighted by Crippen LogP contribution is 2.66. The lowest BCUT2D eigenvalue weighted by molar-refractivity contribution is -0.0454. The third-order valence-corrected chi connectivity index (χ3v) is 8.16. The molecule has 2 heterocycles. The van der Waals surface area contributed by atoms with Gasteiger partial charge in [0.2, 0.25) is 0 Å². The highest BCUT2D eigenvalue weighted by atomic mass is 35.5. The summed E-state index contributed by atoms with van der Waals surface area (Å²) in [7, 11) is -16.6. The molecule has 1 aromatic heterocycles. The second kappa shape index (κ2) is 8.93. The summed E-state index contributed by atoms with van der Waals surface area (Å²) in [5, 5.41) is 10.4. The van der Waals surface area contributed by atoms with Gasteiger partial charge in [0.25, 0.3) is 5.56 Å². The fraction of sp³-hybridized carbons (Fsp3) is 0.600. The van der Waals surface area contributed by atoms with Gasteiger partial charge >= 0.3 is 23.5 Å². The average Bonchev–Trinajstić information content (AvgIpc) is 2.73. The highest BCUT2D eigenvalue weighted by molar-refractivity contribution is 7.71. The molecular weight excluding hydrogens is 517 g/mol. The van der Waals surface area contributed by atoms with Crippen molar-refractivity contribution in [2.45, 2.75) is 30.2 Å². The Morgan fingerprint density at radius 3 is 2.40 bits per heavy atom. The van der Waals surface area contributed by atoms with E-state index >= 15 is 0 Å². The van der Waals surface area contributed by atoms with E-state index in [1.54, 1.807) is 0 Å². The minimum Gasteiger partial charge on any atom is -0.388 e. The van der Waals surface area contributed by atoms with Crippen molar-refractivity contribution in [2.24, 2.45) is 0 Å². The normalized spacial score (nSPS) is 31.2. The maximum absolute atomic E-state index is 11.8. The van der Waals surface area contributed by atoms with Crippen LogP contribution in [0.2, 0.25) is 0 Å². The van der Waals surface area contributed by atoms with Crippen molar-refractivity contribution in [3.8, 4) is 0 Å². The Labute approximate surface area is 177 Å². The molecular formula is C10H16ClN2O13P3S. The molecule has 6 N–H and O–H groups in total. The van der Waals surface area contributed by atoms with Gasteiger partial charge in [0, 0.05) is 12.3 Å². The summed E-state index contributed by atoms with van der Waals surface area (Å²) in [4.78, 5) is 47.6. The first kappa shape index (κ1) is 26.0. The Kier molecular flexibility index (Phi) is 7.73. The number of hydrogen-bond donors (Lipinski definition) is 6. The first-order chi connectivity index (χ1) is 13.4. The molecule has 1 aliphatic heterocycles. The van der Waals surface area contributed by atoms with Crippen molar-refractivity contribution in [1.29, 1.82) is 0 Å². The summed E-state index contributed by atoms with van der Waals surface area (Å²) >= 11 is 11.3. The Hall–Kier alpha value is -0.280. The predicted octanol–water partition coefficient (Wildman–Crippen LogP) is 0.505. The number of aliphatic hydroxyl groups is 1. The number of rotatable bonds is 8. The van der Waals surface area contributed by atoms with Crippen LogP contribution in [-0.4, -0.2) is 57.9 Å². The number of aliphatic hydroxyl groups excluding tert-OH is 1. The van der Waals surface area contributed by atoms with Gasteiger partial charge < -0.3 is 29.4 Å². The predicted molar refractivity (Wildman–Crippen MR) is 99.9 cm³/mol. The lowest BCUT2D eigenvalue weighted by atomic mass is 10.0. The molecule has 1 aliphatic rings. The van der Waals surface area contributed by atoms with Crippen molar-refractivity contribution in [2.75, 3.05) is 6.61 Å². The van der Waals surface area contributed by atoms with E-state index in [4.69, 9.17) is 43.2 Å². The van der Waals surface area contributed by atoms with Gasteiger partial charge in [-0.1, -0.05) is 0 Å². The van der Waals surface area contributed by atoms with Crippen LogP contribution in [0.15, 0.2) is 17.1 Å². The number of halogens is 1. The van der Waals surface area contributed by atoms with Crippen LogP contribution in [0.1, 0.15) is 13.2 Å². The van der Waals surface area contributed by atoms with Gasteiger partial charge in [-0.05, 0) is 19.1 Å². The second-order valence-corrected chi connectivity index (χ2v) is 11.6. The molecule has 15 nitrogen and oxygen atoms in total. The van der Waals surface area contributed by atoms with Crippen LogP contribution in [0.4, 0.5) is 0 Å². The number of nitrogens with one attached hydrogen (secondary N) is 1. The first-order valence-corrected chi connectivity index (χ1v) is 12.9. The van der Waals surface area contributed by atoms with Crippen LogP contribution in [0, 0.1) is 4.77 Å². The van der Waals surface area contributed by atoms with Crippen molar-refractivity contribution in [3.05, 3.63) is 27.4 Å². The van der Waals surface area contributed by atoms with Crippen molar-refractivity contribution in [3.63, 3.8) is 0 Å². The number of H-pyrrole nitrogens is 1. The number of alkyl halides is 1. The average molecular weight is 533 g/mol. The zero-order valence-corrected chi connectivity index (χ0v) is 18.9. The molecule has 0 aromatic carbocycles.